The molecule has 0 fully saturated rings. The molecule has 3 nitrogen and oxygen atoms in total. The Morgan fingerprint density at radius 3 is 2.02 bits per heavy atom. The van der Waals surface area contributed by atoms with Crippen molar-refractivity contribution in [3.05, 3.63) is 169 Å². The van der Waals surface area contributed by atoms with Gasteiger partial charge in [-0.05, 0) is 80.7 Å². The molecule has 0 unspecified atom stereocenters. The second-order valence-electron chi connectivity index (χ2n) is 12.4. The number of pyridine rings is 1. The van der Waals surface area contributed by atoms with Gasteiger partial charge in [0.15, 0.2) is 5.76 Å². The van der Waals surface area contributed by atoms with E-state index in [1.807, 2.05) is 18.2 Å². The lowest BCUT2D eigenvalue weighted by Crippen LogP contribution is -1.96. The van der Waals surface area contributed by atoms with Crippen LogP contribution in [0.4, 0.5) is 0 Å². The van der Waals surface area contributed by atoms with Crippen molar-refractivity contribution < 1.29 is 4.42 Å². The molecule has 4 aromatic heterocycles. The van der Waals surface area contributed by atoms with Crippen molar-refractivity contribution in [3.63, 3.8) is 0 Å². The van der Waals surface area contributed by atoms with E-state index in [-0.39, 0.29) is 0 Å². The molecule has 10 aromatic rings. The Balaban J connectivity index is 1.39. The minimum absolute atomic E-state index is 0.750. The molecule has 4 heteroatoms. The van der Waals surface area contributed by atoms with Crippen LogP contribution in [-0.2, 0) is 0 Å². The number of nitrogens with zero attached hydrogens (tertiary/aromatic N) is 2. The average Bonchev–Trinajstić information content (AvgIpc) is 3.94. The standard InChI is InChI=1S/C45H28N2OS/c1-3-13-30(14-4-1)36-25-35-26-39(31-15-5-2-6-16-31)47-45(37(35)28-38(36)42-20-11-23-49-42)43(34-22-21-29-12-7-8-17-32(29)24-34)44(46-47)41-27-33-18-9-10-19-40(33)48-41/h1-28H. The molecule has 0 spiro atoms. The molecule has 49 heavy (non-hydrogen) atoms. The molecule has 0 atom stereocenters. The van der Waals surface area contributed by atoms with Gasteiger partial charge in [-0.3, -0.25) is 0 Å². The van der Waals surface area contributed by atoms with E-state index in [0.717, 1.165) is 61.1 Å². The van der Waals surface area contributed by atoms with Crippen LogP contribution in [0.25, 0.3) is 93.4 Å². The van der Waals surface area contributed by atoms with Crippen molar-refractivity contribution in [3.8, 4) is 55.4 Å². The molecular formula is C45H28N2OS. The first-order valence-corrected chi connectivity index (χ1v) is 17.3. The molecule has 0 radical (unpaired) electrons. The number of furan rings is 1. The molecule has 0 N–H and O–H groups in total. The van der Waals surface area contributed by atoms with Crippen molar-refractivity contribution in [1.29, 1.82) is 0 Å². The predicted molar refractivity (Wildman–Crippen MR) is 205 cm³/mol. The zero-order valence-electron chi connectivity index (χ0n) is 26.4. The molecule has 0 saturated heterocycles. The Labute approximate surface area is 287 Å². The van der Waals surface area contributed by atoms with Gasteiger partial charge in [0.1, 0.15) is 11.3 Å². The number of aromatic nitrogens is 2. The Morgan fingerprint density at radius 2 is 1.24 bits per heavy atom. The van der Waals surface area contributed by atoms with Crippen LogP contribution in [0.2, 0.25) is 0 Å². The number of rotatable bonds is 5. The molecule has 0 aliphatic rings. The molecule has 0 amide bonds. The fraction of sp³-hybridized carbons (Fsp3) is 0. The summed E-state index contributed by atoms with van der Waals surface area (Å²) in [6.45, 7) is 0. The molecular weight excluding hydrogens is 617 g/mol. The molecule has 0 aliphatic heterocycles. The van der Waals surface area contributed by atoms with E-state index >= 15 is 0 Å². The van der Waals surface area contributed by atoms with E-state index in [4.69, 9.17) is 9.52 Å². The summed E-state index contributed by atoms with van der Waals surface area (Å²) in [5.41, 5.74) is 10.6. The summed E-state index contributed by atoms with van der Waals surface area (Å²) in [5.74, 6) is 0.750. The summed E-state index contributed by atoms with van der Waals surface area (Å²) in [6.07, 6.45) is 0. The van der Waals surface area contributed by atoms with Gasteiger partial charge in [-0.15, -0.1) is 11.3 Å². The average molecular weight is 645 g/mol. The first kappa shape index (κ1) is 27.8. The van der Waals surface area contributed by atoms with Gasteiger partial charge in [-0.2, -0.15) is 5.10 Å². The first-order chi connectivity index (χ1) is 24.3. The zero-order valence-corrected chi connectivity index (χ0v) is 27.2. The number of benzene rings is 6. The number of hydrogen-bond acceptors (Lipinski definition) is 3. The maximum Gasteiger partial charge on any atom is 0.156 e. The number of para-hydroxylation sites is 1. The van der Waals surface area contributed by atoms with Crippen molar-refractivity contribution in [2.75, 3.05) is 0 Å². The van der Waals surface area contributed by atoms with Crippen LogP contribution in [0.5, 0.6) is 0 Å². The lowest BCUT2D eigenvalue weighted by molar-refractivity contribution is 0.628. The number of hydrogen-bond donors (Lipinski definition) is 0. The van der Waals surface area contributed by atoms with Crippen LogP contribution in [0.1, 0.15) is 0 Å². The van der Waals surface area contributed by atoms with Gasteiger partial charge >= 0.3 is 0 Å². The molecule has 230 valence electrons. The topological polar surface area (TPSA) is 30.4 Å². The molecule has 10 rings (SSSR count). The quantitative estimate of drug-likeness (QED) is 0.187. The maximum atomic E-state index is 6.58. The van der Waals surface area contributed by atoms with E-state index in [2.05, 4.69) is 155 Å². The summed E-state index contributed by atoms with van der Waals surface area (Å²) in [5, 5.41) is 13.4. The Hall–Kier alpha value is -6.23. The largest absolute Gasteiger partial charge is 0.454 e. The highest BCUT2D eigenvalue weighted by Gasteiger charge is 2.25. The second kappa shape index (κ2) is 11.2. The van der Waals surface area contributed by atoms with Gasteiger partial charge in [0.25, 0.3) is 0 Å². The van der Waals surface area contributed by atoms with Crippen LogP contribution in [0, 0.1) is 0 Å². The van der Waals surface area contributed by atoms with Crippen molar-refractivity contribution in [2.45, 2.75) is 0 Å². The Bertz CT molecular complexity index is 2780. The predicted octanol–water partition coefficient (Wildman–Crippen LogP) is 12.8. The van der Waals surface area contributed by atoms with Crippen molar-refractivity contribution in [1.82, 2.24) is 9.61 Å². The summed E-state index contributed by atoms with van der Waals surface area (Å²) in [7, 11) is 0. The van der Waals surface area contributed by atoms with E-state index in [1.165, 1.54) is 32.3 Å². The minimum Gasteiger partial charge on any atom is -0.454 e. The van der Waals surface area contributed by atoms with E-state index in [9.17, 15) is 0 Å². The molecule has 4 heterocycles. The fourth-order valence-electron chi connectivity index (χ4n) is 7.19. The van der Waals surface area contributed by atoms with Gasteiger partial charge in [0.2, 0.25) is 0 Å². The Kier molecular flexibility index (Phi) is 6.36. The van der Waals surface area contributed by atoms with E-state index in [1.54, 1.807) is 11.3 Å². The number of thiophene rings is 1. The van der Waals surface area contributed by atoms with E-state index < -0.39 is 0 Å². The monoisotopic (exact) mass is 644 g/mol. The second-order valence-corrected chi connectivity index (χ2v) is 13.4. The third-order valence-corrected chi connectivity index (χ3v) is 10.4. The highest BCUT2D eigenvalue weighted by atomic mass is 32.1. The van der Waals surface area contributed by atoms with Crippen LogP contribution in [0.3, 0.4) is 0 Å². The third-order valence-electron chi connectivity index (χ3n) is 9.49. The van der Waals surface area contributed by atoms with Crippen molar-refractivity contribution >= 4 is 49.4 Å². The lowest BCUT2D eigenvalue weighted by Gasteiger charge is -2.15. The SMILES string of the molecule is c1ccc(-c2cc3cc(-c4ccccc4)n4nc(-c5cc6ccccc6o5)c(-c5ccc6ccccc6c5)c4c3cc2-c2cccs2)cc1. The van der Waals surface area contributed by atoms with Crippen LogP contribution in [0.15, 0.2) is 174 Å². The van der Waals surface area contributed by atoms with Gasteiger partial charge in [0.05, 0.1) is 11.2 Å². The molecule has 0 saturated carbocycles. The smallest absolute Gasteiger partial charge is 0.156 e. The van der Waals surface area contributed by atoms with Gasteiger partial charge in [-0.1, -0.05) is 121 Å². The Morgan fingerprint density at radius 1 is 0.510 bits per heavy atom. The molecule has 6 aromatic carbocycles. The van der Waals surface area contributed by atoms with E-state index in [0.29, 0.717) is 0 Å². The summed E-state index contributed by atoms with van der Waals surface area (Å²) in [4.78, 5) is 1.23. The van der Waals surface area contributed by atoms with Gasteiger partial charge in [0, 0.05) is 32.3 Å². The summed E-state index contributed by atoms with van der Waals surface area (Å²) >= 11 is 1.77. The minimum atomic E-state index is 0.750. The molecule has 0 aliphatic carbocycles. The van der Waals surface area contributed by atoms with Gasteiger partial charge < -0.3 is 4.42 Å². The highest BCUT2D eigenvalue weighted by molar-refractivity contribution is 7.13. The maximum absolute atomic E-state index is 6.58. The summed E-state index contributed by atoms with van der Waals surface area (Å²) < 4.78 is 8.72. The van der Waals surface area contributed by atoms with Crippen LogP contribution < -0.4 is 0 Å². The molecule has 0 bridgehead atoms. The lowest BCUT2D eigenvalue weighted by atomic mass is 9.92. The highest BCUT2D eigenvalue weighted by Crippen LogP contribution is 2.45. The fourth-order valence-corrected chi connectivity index (χ4v) is 7.94. The van der Waals surface area contributed by atoms with Crippen molar-refractivity contribution in [2.24, 2.45) is 0 Å². The van der Waals surface area contributed by atoms with Gasteiger partial charge in [-0.25, -0.2) is 4.52 Å². The summed E-state index contributed by atoms with van der Waals surface area (Å²) in [6, 6.07) is 58.2. The third kappa shape index (κ3) is 4.61. The normalized spacial score (nSPS) is 11.7. The zero-order chi connectivity index (χ0) is 32.3. The van der Waals surface area contributed by atoms with Crippen LogP contribution >= 0.6 is 11.3 Å². The number of fused-ring (bicyclic) bond motifs is 5. The first-order valence-electron chi connectivity index (χ1n) is 16.4. The van der Waals surface area contributed by atoms with Crippen LogP contribution in [-0.4, -0.2) is 9.61 Å².